The van der Waals surface area contributed by atoms with Gasteiger partial charge in [0.05, 0.1) is 32.7 Å². The Morgan fingerprint density at radius 3 is 2.26 bits per heavy atom. The zero-order valence-corrected chi connectivity index (χ0v) is 19.7. The van der Waals surface area contributed by atoms with E-state index < -0.39 is 0 Å². The summed E-state index contributed by atoms with van der Waals surface area (Å²) in [5, 5.41) is 2.97. The largest absolute Gasteiger partial charge is 0.483 e. The maximum absolute atomic E-state index is 12.6. The number of likely N-dealkylation sites (N-methyl/N-ethyl adjacent to an activating group) is 1. The minimum atomic E-state index is -0.243. The molecule has 0 unspecified atom stereocenters. The summed E-state index contributed by atoms with van der Waals surface area (Å²) in [5.74, 6) is 0.418. The van der Waals surface area contributed by atoms with Gasteiger partial charge >= 0.3 is 0 Å². The number of para-hydroxylation sites is 1. The molecule has 2 N–H and O–H groups in total. The van der Waals surface area contributed by atoms with Crippen LogP contribution in [0.25, 0.3) is 0 Å². The first-order valence-electron chi connectivity index (χ1n) is 10.8. The fraction of sp³-hybridized carbons (Fsp3) is 0.609. The lowest BCUT2D eigenvalue weighted by Gasteiger charge is -2.33. The molecular formula is C23H37N4O4+. The second-order valence-electron chi connectivity index (χ2n) is 9.37. The van der Waals surface area contributed by atoms with Crippen LogP contribution in [0.3, 0.4) is 0 Å². The van der Waals surface area contributed by atoms with Crippen molar-refractivity contribution >= 4 is 17.7 Å². The number of aryl methyl sites for hydroxylation is 2. The Kier molecular flexibility index (Phi) is 8.44. The van der Waals surface area contributed by atoms with Gasteiger partial charge in [0.1, 0.15) is 5.75 Å². The highest BCUT2D eigenvalue weighted by molar-refractivity contribution is 5.85. The van der Waals surface area contributed by atoms with Crippen LogP contribution in [0.15, 0.2) is 18.2 Å². The molecule has 0 bridgehead atoms. The van der Waals surface area contributed by atoms with Crippen LogP contribution >= 0.6 is 0 Å². The van der Waals surface area contributed by atoms with E-state index in [2.05, 4.69) is 5.32 Å². The SMILES string of the molecule is Cc1cccc(C)c1OCC(=O)N(C)CC(=O)N1CC[NH+](CC(=O)NC(C)(C)C)CC1. The zero-order chi connectivity index (χ0) is 23.2. The standard InChI is InChI=1S/C23H36N4O4/c1-17-8-7-9-18(2)22(17)31-16-21(30)25(6)15-20(29)27-12-10-26(11-13-27)14-19(28)24-23(3,4)5/h7-9H,10-16H2,1-6H3,(H,24,28)/p+1. The van der Waals surface area contributed by atoms with Gasteiger partial charge in [-0.25, -0.2) is 0 Å². The molecule has 0 aliphatic carbocycles. The molecule has 1 aromatic rings. The van der Waals surface area contributed by atoms with Crippen molar-refractivity contribution in [2.75, 3.05) is 52.9 Å². The monoisotopic (exact) mass is 433 g/mol. The predicted molar refractivity (Wildman–Crippen MR) is 119 cm³/mol. The van der Waals surface area contributed by atoms with Crippen LogP contribution in [0.2, 0.25) is 0 Å². The number of nitrogens with zero attached hydrogens (tertiary/aromatic N) is 2. The molecule has 0 radical (unpaired) electrons. The first kappa shape index (κ1) is 24.7. The first-order chi connectivity index (χ1) is 14.5. The van der Waals surface area contributed by atoms with Crippen molar-refractivity contribution in [1.82, 2.24) is 15.1 Å². The predicted octanol–water partition coefficient (Wildman–Crippen LogP) is -0.218. The van der Waals surface area contributed by atoms with Crippen LogP contribution in [-0.4, -0.2) is 86.0 Å². The summed E-state index contributed by atoms with van der Waals surface area (Å²) >= 11 is 0. The highest BCUT2D eigenvalue weighted by atomic mass is 16.5. The van der Waals surface area contributed by atoms with E-state index in [1.807, 2.05) is 52.8 Å². The number of amides is 3. The van der Waals surface area contributed by atoms with Gasteiger partial charge in [0.15, 0.2) is 13.2 Å². The van der Waals surface area contributed by atoms with Crippen molar-refractivity contribution in [3.05, 3.63) is 29.3 Å². The lowest BCUT2D eigenvalue weighted by Crippen LogP contribution is -3.16. The number of rotatable bonds is 7. The molecule has 2 rings (SSSR count). The number of ether oxygens (including phenoxy) is 1. The van der Waals surface area contributed by atoms with Crippen molar-refractivity contribution in [3.8, 4) is 5.75 Å². The molecule has 1 fully saturated rings. The number of hydrogen-bond acceptors (Lipinski definition) is 4. The fourth-order valence-electron chi connectivity index (χ4n) is 3.60. The molecule has 8 nitrogen and oxygen atoms in total. The van der Waals surface area contributed by atoms with E-state index in [-0.39, 0.29) is 36.4 Å². The smallest absolute Gasteiger partial charge is 0.275 e. The van der Waals surface area contributed by atoms with E-state index in [0.717, 1.165) is 29.1 Å². The van der Waals surface area contributed by atoms with Gasteiger partial charge in [-0.15, -0.1) is 0 Å². The van der Waals surface area contributed by atoms with Crippen molar-refractivity contribution in [1.29, 1.82) is 0 Å². The lowest BCUT2D eigenvalue weighted by molar-refractivity contribution is -0.896. The topological polar surface area (TPSA) is 83.4 Å². The van der Waals surface area contributed by atoms with Crippen LogP contribution in [0.4, 0.5) is 0 Å². The number of nitrogens with one attached hydrogen (secondary N) is 2. The van der Waals surface area contributed by atoms with Crippen LogP contribution in [0, 0.1) is 13.8 Å². The number of carbonyl (C=O) groups is 3. The molecule has 8 heteroatoms. The van der Waals surface area contributed by atoms with Crippen molar-refractivity contribution < 1.29 is 24.0 Å². The molecule has 0 aromatic heterocycles. The normalized spacial score (nSPS) is 14.8. The molecule has 0 spiro atoms. The van der Waals surface area contributed by atoms with E-state index in [0.29, 0.717) is 25.4 Å². The van der Waals surface area contributed by atoms with Crippen LogP contribution in [0.5, 0.6) is 5.75 Å². The van der Waals surface area contributed by atoms with Gasteiger partial charge in [-0.2, -0.15) is 0 Å². The summed E-state index contributed by atoms with van der Waals surface area (Å²) in [6.45, 7) is 12.7. The first-order valence-corrected chi connectivity index (χ1v) is 10.8. The molecule has 0 atom stereocenters. The van der Waals surface area contributed by atoms with E-state index in [1.54, 1.807) is 11.9 Å². The molecule has 0 saturated carbocycles. The second kappa shape index (κ2) is 10.6. The molecule has 1 heterocycles. The fourth-order valence-corrected chi connectivity index (χ4v) is 3.60. The van der Waals surface area contributed by atoms with Gasteiger partial charge in [0.25, 0.3) is 11.8 Å². The second-order valence-corrected chi connectivity index (χ2v) is 9.37. The van der Waals surface area contributed by atoms with E-state index >= 15 is 0 Å². The maximum Gasteiger partial charge on any atom is 0.275 e. The zero-order valence-electron chi connectivity index (χ0n) is 19.7. The van der Waals surface area contributed by atoms with Gasteiger partial charge in [-0.3, -0.25) is 14.4 Å². The Labute approximate surface area is 185 Å². The molecule has 31 heavy (non-hydrogen) atoms. The van der Waals surface area contributed by atoms with Gasteiger partial charge in [-0.1, -0.05) is 18.2 Å². The minimum Gasteiger partial charge on any atom is -0.483 e. The molecular weight excluding hydrogens is 396 g/mol. The number of hydrogen-bond donors (Lipinski definition) is 2. The number of carbonyl (C=O) groups excluding carboxylic acids is 3. The van der Waals surface area contributed by atoms with Gasteiger partial charge < -0.3 is 24.8 Å². The molecule has 1 aliphatic rings. The summed E-state index contributed by atoms with van der Waals surface area (Å²) in [4.78, 5) is 41.5. The summed E-state index contributed by atoms with van der Waals surface area (Å²) in [5.41, 5.74) is 1.71. The molecule has 1 aromatic carbocycles. The third kappa shape index (κ3) is 7.86. The van der Waals surface area contributed by atoms with E-state index in [1.165, 1.54) is 4.90 Å². The highest BCUT2D eigenvalue weighted by Crippen LogP contribution is 2.22. The third-order valence-electron chi connectivity index (χ3n) is 5.30. The Hall–Kier alpha value is -2.61. The molecule has 3 amide bonds. The summed E-state index contributed by atoms with van der Waals surface area (Å²) < 4.78 is 5.71. The van der Waals surface area contributed by atoms with Gasteiger partial charge in [0.2, 0.25) is 5.91 Å². The summed E-state index contributed by atoms with van der Waals surface area (Å²) in [6, 6.07) is 5.82. The van der Waals surface area contributed by atoms with Crippen molar-refractivity contribution in [3.63, 3.8) is 0 Å². The van der Waals surface area contributed by atoms with E-state index in [4.69, 9.17) is 4.74 Å². The number of piperazine rings is 1. The average Bonchev–Trinajstić information content (AvgIpc) is 2.66. The molecule has 1 aliphatic heterocycles. The maximum atomic E-state index is 12.6. The summed E-state index contributed by atoms with van der Waals surface area (Å²) in [6.07, 6.45) is 0. The van der Waals surface area contributed by atoms with Crippen molar-refractivity contribution in [2.45, 2.75) is 40.2 Å². The third-order valence-corrected chi connectivity index (χ3v) is 5.30. The van der Waals surface area contributed by atoms with Crippen LogP contribution in [-0.2, 0) is 14.4 Å². The van der Waals surface area contributed by atoms with Crippen molar-refractivity contribution in [2.24, 2.45) is 0 Å². The molecule has 1 saturated heterocycles. The Morgan fingerprint density at radius 1 is 1.13 bits per heavy atom. The van der Waals surface area contributed by atoms with Gasteiger partial charge in [-0.05, 0) is 45.7 Å². The number of quaternary nitrogens is 1. The van der Waals surface area contributed by atoms with Crippen LogP contribution < -0.4 is 15.0 Å². The Bertz CT molecular complexity index is 775. The number of benzene rings is 1. The Balaban J connectivity index is 1.75. The molecule has 172 valence electrons. The quantitative estimate of drug-likeness (QED) is 0.623. The highest BCUT2D eigenvalue weighted by Gasteiger charge is 2.27. The summed E-state index contributed by atoms with van der Waals surface area (Å²) in [7, 11) is 1.62. The Morgan fingerprint density at radius 2 is 1.71 bits per heavy atom. The van der Waals surface area contributed by atoms with Gasteiger partial charge in [0, 0.05) is 12.6 Å². The minimum absolute atomic E-state index is 0.0226. The average molecular weight is 434 g/mol. The van der Waals surface area contributed by atoms with E-state index in [9.17, 15) is 14.4 Å². The lowest BCUT2D eigenvalue weighted by atomic mass is 10.1. The van der Waals surface area contributed by atoms with Crippen LogP contribution in [0.1, 0.15) is 31.9 Å².